The summed E-state index contributed by atoms with van der Waals surface area (Å²) in [4.78, 5) is 23.7. The fourth-order valence-electron chi connectivity index (χ4n) is 2.33. The van der Waals surface area contributed by atoms with E-state index in [2.05, 4.69) is 9.97 Å². The van der Waals surface area contributed by atoms with Gasteiger partial charge in [-0.2, -0.15) is 0 Å². The molecule has 0 aromatic carbocycles. The lowest BCUT2D eigenvalue weighted by atomic mass is 9.93. The molecule has 2 rings (SSSR count). The number of aromatic nitrogens is 2. The van der Waals surface area contributed by atoms with Gasteiger partial charge in [0.25, 0.3) is 0 Å². The Hall–Kier alpha value is -1.69. The molecule has 19 heavy (non-hydrogen) atoms. The summed E-state index contributed by atoms with van der Waals surface area (Å²) < 4.78 is 0. The molecule has 1 fully saturated rings. The Morgan fingerprint density at radius 3 is 2.74 bits per heavy atom. The molecule has 1 aromatic rings. The number of carbonyl (C=O) groups is 1. The fourth-order valence-corrected chi connectivity index (χ4v) is 2.33. The summed E-state index contributed by atoms with van der Waals surface area (Å²) in [6, 6.07) is 1.95. The van der Waals surface area contributed by atoms with E-state index in [-0.39, 0.29) is 5.91 Å². The number of piperidine rings is 1. The average Bonchev–Trinajstić information content (AvgIpc) is 2.46. The van der Waals surface area contributed by atoms with Crippen molar-refractivity contribution in [3.63, 3.8) is 0 Å². The summed E-state index contributed by atoms with van der Waals surface area (Å²) in [7, 11) is 3.84. The molecule has 2 heterocycles. The molecule has 6 heteroatoms. The molecule has 0 radical (unpaired) electrons. The SMILES string of the molecule is CN(C)c1nccc(C2CCN(C(=O)CO)CC2)n1. The van der Waals surface area contributed by atoms with Gasteiger partial charge in [0.2, 0.25) is 11.9 Å². The van der Waals surface area contributed by atoms with E-state index in [1.54, 1.807) is 11.1 Å². The third kappa shape index (κ3) is 3.20. The number of hydrogen-bond acceptors (Lipinski definition) is 5. The Bertz CT molecular complexity index is 442. The van der Waals surface area contributed by atoms with Crippen molar-refractivity contribution >= 4 is 11.9 Å². The van der Waals surface area contributed by atoms with Crippen molar-refractivity contribution in [3.05, 3.63) is 18.0 Å². The molecular formula is C13H20N4O2. The summed E-state index contributed by atoms with van der Waals surface area (Å²) in [5.41, 5.74) is 1.04. The fraction of sp³-hybridized carbons (Fsp3) is 0.615. The average molecular weight is 264 g/mol. The summed E-state index contributed by atoms with van der Waals surface area (Å²) >= 11 is 0. The lowest BCUT2D eigenvalue weighted by Gasteiger charge is -2.31. The molecule has 1 saturated heterocycles. The molecule has 0 atom stereocenters. The molecule has 0 spiro atoms. The van der Waals surface area contributed by atoms with Crippen LogP contribution in [0.5, 0.6) is 0 Å². The second-order valence-electron chi connectivity index (χ2n) is 4.99. The van der Waals surface area contributed by atoms with Crippen LogP contribution in [0.2, 0.25) is 0 Å². The van der Waals surface area contributed by atoms with Crippen LogP contribution in [-0.2, 0) is 4.79 Å². The van der Waals surface area contributed by atoms with Gasteiger partial charge in [-0.05, 0) is 18.9 Å². The Morgan fingerprint density at radius 2 is 2.16 bits per heavy atom. The summed E-state index contributed by atoms with van der Waals surface area (Å²) in [5, 5.41) is 8.85. The van der Waals surface area contributed by atoms with Gasteiger partial charge in [0.15, 0.2) is 0 Å². The van der Waals surface area contributed by atoms with E-state index in [1.807, 2.05) is 25.1 Å². The van der Waals surface area contributed by atoms with Crippen molar-refractivity contribution in [3.8, 4) is 0 Å². The monoisotopic (exact) mass is 264 g/mol. The maximum absolute atomic E-state index is 11.4. The van der Waals surface area contributed by atoms with Gasteiger partial charge in [-0.25, -0.2) is 9.97 Å². The molecular weight excluding hydrogens is 244 g/mol. The number of amides is 1. The largest absolute Gasteiger partial charge is 0.387 e. The maximum Gasteiger partial charge on any atom is 0.248 e. The van der Waals surface area contributed by atoms with Crippen LogP contribution in [0.15, 0.2) is 12.3 Å². The molecule has 0 bridgehead atoms. The summed E-state index contributed by atoms with van der Waals surface area (Å²) in [6.45, 7) is 0.972. The van der Waals surface area contributed by atoms with Gasteiger partial charge in [0.05, 0.1) is 0 Å². The Balaban J connectivity index is 2.01. The van der Waals surface area contributed by atoms with Gasteiger partial charge >= 0.3 is 0 Å². The Kier molecular flexibility index (Phi) is 4.31. The minimum atomic E-state index is -0.400. The molecule has 1 aliphatic rings. The second-order valence-corrected chi connectivity index (χ2v) is 4.99. The predicted molar refractivity (Wildman–Crippen MR) is 72.0 cm³/mol. The van der Waals surface area contributed by atoms with Crippen molar-refractivity contribution in [2.24, 2.45) is 0 Å². The molecule has 6 nitrogen and oxygen atoms in total. The van der Waals surface area contributed by atoms with E-state index in [4.69, 9.17) is 5.11 Å². The predicted octanol–water partition coefficient (Wildman–Crippen LogP) is 0.241. The van der Waals surface area contributed by atoms with Crippen molar-refractivity contribution in [2.45, 2.75) is 18.8 Å². The normalized spacial score (nSPS) is 16.5. The zero-order valence-corrected chi connectivity index (χ0v) is 11.4. The number of anilines is 1. The molecule has 0 aliphatic carbocycles. The van der Waals surface area contributed by atoms with Gasteiger partial charge in [-0.1, -0.05) is 0 Å². The molecule has 0 unspecified atom stereocenters. The van der Waals surface area contributed by atoms with Crippen LogP contribution < -0.4 is 4.90 Å². The van der Waals surface area contributed by atoms with E-state index in [9.17, 15) is 4.79 Å². The van der Waals surface area contributed by atoms with Gasteiger partial charge in [-0.15, -0.1) is 0 Å². The molecule has 104 valence electrons. The third-order valence-electron chi connectivity index (χ3n) is 3.47. The molecule has 1 amide bonds. The highest BCUT2D eigenvalue weighted by Gasteiger charge is 2.24. The maximum atomic E-state index is 11.4. The number of aliphatic hydroxyl groups excluding tert-OH is 1. The van der Waals surface area contributed by atoms with Crippen LogP contribution in [0, 0.1) is 0 Å². The highest BCUT2D eigenvalue weighted by molar-refractivity contribution is 5.77. The first-order valence-corrected chi connectivity index (χ1v) is 6.50. The minimum Gasteiger partial charge on any atom is -0.387 e. The van der Waals surface area contributed by atoms with Crippen LogP contribution in [0.25, 0.3) is 0 Å². The van der Waals surface area contributed by atoms with Crippen molar-refractivity contribution < 1.29 is 9.90 Å². The van der Waals surface area contributed by atoms with Crippen molar-refractivity contribution in [1.29, 1.82) is 0 Å². The quantitative estimate of drug-likeness (QED) is 0.847. The number of aliphatic hydroxyl groups is 1. The first-order chi connectivity index (χ1) is 9.11. The number of hydrogen-bond donors (Lipinski definition) is 1. The first kappa shape index (κ1) is 13.7. The number of nitrogens with zero attached hydrogens (tertiary/aromatic N) is 4. The van der Waals surface area contributed by atoms with E-state index < -0.39 is 6.61 Å². The highest BCUT2D eigenvalue weighted by Crippen LogP contribution is 2.27. The van der Waals surface area contributed by atoms with Crippen LogP contribution >= 0.6 is 0 Å². The molecule has 1 aromatic heterocycles. The van der Waals surface area contributed by atoms with E-state index in [0.29, 0.717) is 25.0 Å². The highest BCUT2D eigenvalue weighted by atomic mass is 16.3. The topological polar surface area (TPSA) is 69.6 Å². The summed E-state index contributed by atoms with van der Waals surface area (Å²) in [5.74, 6) is 0.894. The summed E-state index contributed by atoms with van der Waals surface area (Å²) in [6.07, 6.45) is 3.55. The third-order valence-corrected chi connectivity index (χ3v) is 3.47. The smallest absolute Gasteiger partial charge is 0.248 e. The van der Waals surface area contributed by atoms with Crippen LogP contribution in [-0.4, -0.2) is 59.7 Å². The molecule has 1 N–H and O–H groups in total. The first-order valence-electron chi connectivity index (χ1n) is 6.50. The molecule has 0 saturated carbocycles. The van der Waals surface area contributed by atoms with E-state index >= 15 is 0 Å². The Labute approximate surface area is 113 Å². The van der Waals surface area contributed by atoms with Crippen molar-refractivity contribution in [2.75, 3.05) is 38.7 Å². The van der Waals surface area contributed by atoms with Crippen LogP contribution in [0.3, 0.4) is 0 Å². The van der Waals surface area contributed by atoms with Gasteiger partial charge in [0, 0.05) is 45.0 Å². The van der Waals surface area contributed by atoms with E-state index in [0.717, 1.165) is 18.5 Å². The van der Waals surface area contributed by atoms with Crippen molar-refractivity contribution in [1.82, 2.24) is 14.9 Å². The van der Waals surface area contributed by atoms with Crippen LogP contribution in [0.1, 0.15) is 24.5 Å². The molecule has 1 aliphatic heterocycles. The lowest BCUT2D eigenvalue weighted by Crippen LogP contribution is -2.39. The van der Waals surface area contributed by atoms with Gasteiger partial charge in [-0.3, -0.25) is 4.79 Å². The number of likely N-dealkylation sites (tertiary alicyclic amines) is 1. The standard InChI is InChI=1S/C13H20N4O2/c1-16(2)13-14-6-3-11(15-13)10-4-7-17(8-5-10)12(19)9-18/h3,6,10,18H,4-5,7-9H2,1-2H3. The lowest BCUT2D eigenvalue weighted by molar-refractivity contribution is -0.135. The van der Waals surface area contributed by atoms with Gasteiger partial charge in [0.1, 0.15) is 6.61 Å². The van der Waals surface area contributed by atoms with E-state index in [1.165, 1.54) is 0 Å². The van der Waals surface area contributed by atoms with Gasteiger partial charge < -0.3 is 14.9 Å². The van der Waals surface area contributed by atoms with Crippen LogP contribution in [0.4, 0.5) is 5.95 Å². The zero-order valence-electron chi connectivity index (χ0n) is 11.4. The second kappa shape index (κ2) is 5.97. The Morgan fingerprint density at radius 1 is 1.47 bits per heavy atom. The number of rotatable bonds is 3. The number of carbonyl (C=O) groups excluding carboxylic acids is 1. The zero-order chi connectivity index (χ0) is 13.8. The minimum absolute atomic E-state index is 0.185.